The Morgan fingerprint density at radius 3 is 2.26 bits per heavy atom. The zero-order chi connectivity index (χ0) is 18.9. The highest BCUT2D eigenvalue weighted by atomic mass is 35.5. The number of piperidine rings is 1. The molecule has 0 unspecified atom stereocenters. The molecule has 0 bridgehead atoms. The average Bonchev–Trinajstić information content (AvgIpc) is 3.38. The van der Waals surface area contributed by atoms with Gasteiger partial charge in [-0.15, -0.1) is 0 Å². The van der Waals surface area contributed by atoms with E-state index < -0.39 is 11.2 Å². The largest absolute Gasteiger partial charge is 0.355 e. The minimum atomic E-state index is -0.859. The fourth-order valence-corrected chi connectivity index (χ4v) is 4.07. The molecule has 3 aliphatic rings. The Balaban J connectivity index is 1.28. The molecule has 1 aromatic carbocycles. The van der Waals surface area contributed by atoms with Gasteiger partial charge < -0.3 is 19.7 Å². The van der Waals surface area contributed by atoms with Gasteiger partial charge >= 0.3 is 0 Å². The number of hydrogen-bond acceptors (Lipinski definition) is 4. The second-order valence-corrected chi connectivity index (χ2v) is 8.05. The van der Waals surface area contributed by atoms with Gasteiger partial charge in [0.1, 0.15) is 5.41 Å². The third-order valence-corrected chi connectivity index (χ3v) is 6.08. The predicted molar refractivity (Wildman–Crippen MR) is 100 cm³/mol. The molecular formula is C20H25ClN2O4. The van der Waals surface area contributed by atoms with Crippen LogP contribution in [0.15, 0.2) is 24.3 Å². The first kappa shape index (κ1) is 18.7. The van der Waals surface area contributed by atoms with E-state index >= 15 is 0 Å². The average molecular weight is 393 g/mol. The molecule has 146 valence electrons. The number of likely N-dealkylation sites (tertiary alicyclic amines) is 1. The Labute approximate surface area is 164 Å². The van der Waals surface area contributed by atoms with Crippen LogP contribution in [0.3, 0.4) is 0 Å². The molecule has 1 aromatic rings. The lowest BCUT2D eigenvalue weighted by atomic mass is 9.98. The fraction of sp³-hybridized carbons (Fsp3) is 0.600. The first-order valence-electron chi connectivity index (χ1n) is 9.63. The van der Waals surface area contributed by atoms with E-state index in [4.69, 9.17) is 21.1 Å². The molecule has 0 radical (unpaired) electrons. The molecule has 1 aliphatic carbocycles. The molecule has 1 saturated carbocycles. The highest BCUT2D eigenvalue weighted by molar-refractivity contribution is 6.30. The number of carbonyl (C=O) groups is 2. The third-order valence-electron chi connectivity index (χ3n) is 5.83. The third kappa shape index (κ3) is 3.84. The zero-order valence-corrected chi connectivity index (χ0v) is 16.1. The Morgan fingerprint density at radius 1 is 1.04 bits per heavy atom. The number of hydrogen-bond donors (Lipinski definition) is 1. The minimum Gasteiger partial charge on any atom is -0.355 e. The fourth-order valence-electron chi connectivity index (χ4n) is 3.94. The molecule has 2 saturated heterocycles. The monoisotopic (exact) mass is 392 g/mol. The molecule has 7 heteroatoms. The van der Waals surface area contributed by atoms with Crippen molar-refractivity contribution in [3.8, 4) is 0 Å². The van der Waals surface area contributed by atoms with E-state index in [1.165, 1.54) is 0 Å². The lowest BCUT2D eigenvalue weighted by Gasteiger charge is -2.38. The van der Waals surface area contributed by atoms with Gasteiger partial charge in [0.05, 0.1) is 13.2 Å². The molecule has 2 aliphatic heterocycles. The summed E-state index contributed by atoms with van der Waals surface area (Å²) in [5, 5.41) is 3.64. The number of carbonyl (C=O) groups excluding carboxylic acids is 2. The van der Waals surface area contributed by atoms with Crippen LogP contribution in [0.2, 0.25) is 5.02 Å². The molecule has 27 heavy (non-hydrogen) atoms. The molecule has 2 amide bonds. The summed E-state index contributed by atoms with van der Waals surface area (Å²) in [6.45, 7) is 2.92. The summed E-state index contributed by atoms with van der Waals surface area (Å²) >= 11 is 5.88. The van der Waals surface area contributed by atoms with E-state index in [0.29, 0.717) is 70.0 Å². The van der Waals surface area contributed by atoms with Gasteiger partial charge in [-0.1, -0.05) is 23.7 Å². The van der Waals surface area contributed by atoms with Crippen molar-refractivity contribution in [1.82, 2.24) is 10.2 Å². The van der Waals surface area contributed by atoms with Crippen LogP contribution in [0.25, 0.3) is 0 Å². The standard InChI is InChI=1S/C20H25ClN2O4/c21-16-3-1-15(2-4-16)5-10-22-17(24)19(6-7-19)18(25)23-11-8-20(9-12-23)26-13-14-27-20/h1-4H,5-14H2,(H,22,24). The van der Waals surface area contributed by atoms with Crippen molar-refractivity contribution >= 4 is 23.4 Å². The molecular weight excluding hydrogens is 368 g/mol. The summed E-state index contributed by atoms with van der Waals surface area (Å²) in [7, 11) is 0. The van der Waals surface area contributed by atoms with Crippen LogP contribution in [-0.2, 0) is 25.5 Å². The van der Waals surface area contributed by atoms with E-state index in [-0.39, 0.29) is 11.8 Å². The van der Waals surface area contributed by atoms with E-state index in [2.05, 4.69) is 5.32 Å². The zero-order valence-electron chi connectivity index (χ0n) is 15.3. The number of nitrogens with zero attached hydrogens (tertiary/aromatic N) is 1. The van der Waals surface area contributed by atoms with Crippen LogP contribution < -0.4 is 5.32 Å². The van der Waals surface area contributed by atoms with Crippen molar-refractivity contribution in [3.05, 3.63) is 34.9 Å². The Bertz CT molecular complexity index is 701. The number of halogens is 1. The van der Waals surface area contributed by atoms with Crippen molar-refractivity contribution in [2.75, 3.05) is 32.8 Å². The maximum absolute atomic E-state index is 13.0. The van der Waals surface area contributed by atoms with Crippen molar-refractivity contribution in [2.24, 2.45) is 5.41 Å². The second-order valence-electron chi connectivity index (χ2n) is 7.61. The summed E-state index contributed by atoms with van der Waals surface area (Å²) in [5.74, 6) is -0.691. The molecule has 0 atom stereocenters. The maximum atomic E-state index is 13.0. The van der Waals surface area contributed by atoms with Gasteiger partial charge in [0.25, 0.3) is 0 Å². The summed E-state index contributed by atoms with van der Waals surface area (Å²) in [5.41, 5.74) is 0.246. The van der Waals surface area contributed by atoms with E-state index in [1.807, 2.05) is 29.2 Å². The molecule has 4 rings (SSSR count). The van der Waals surface area contributed by atoms with Crippen LogP contribution >= 0.6 is 11.6 Å². The summed E-state index contributed by atoms with van der Waals surface area (Å²) in [4.78, 5) is 27.5. The number of nitrogens with one attached hydrogen (secondary N) is 1. The summed E-state index contributed by atoms with van der Waals surface area (Å²) in [6.07, 6.45) is 3.33. The van der Waals surface area contributed by atoms with Crippen molar-refractivity contribution in [1.29, 1.82) is 0 Å². The lowest BCUT2D eigenvalue weighted by molar-refractivity contribution is -0.188. The second kappa shape index (κ2) is 7.41. The molecule has 1 N–H and O–H groups in total. The number of amides is 2. The van der Waals surface area contributed by atoms with E-state index in [0.717, 1.165) is 5.56 Å². The van der Waals surface area contributed by atoms with Gasteiger partial charge in [-0.2, -0.15) is 0 Å². The number of ether oxygens (including phenoxy) is 2. The highest BCUT2D eigenvalue weighted by Gasteiger charge is 2.58. The molecule has 0 aromatic heterocycles. The maximum Gasteiger partial charge on any atom is 0.238 e. The molecule has 3 fully saturated rings. The first-order valence-corrected chi connectivity index (χ1v) is 10.0. The van der Waals surface area contributed by atoms with Crippen LogP contribution in [0.1, 0.15) is 31.2 Å². The quantitative estimate of drug-likeness (QED) is 0.779. The molecule has 1 spiro atoms. The highest BCUT2D eigenvalue weighted by Crippen LogP contribution is 2.48. The SMILES string of the molecule is O=C(NCCc1ccc(Cl)cc1)C1(C(=O)N2CCC3(CC2)OCCO3)CC1. The topological polar surface area (TPSA) is 67.9 Å². The number of rotatable bonds is 5. The van der Waals surface area contributed by atoms with Gasteiger partial charge in [-0.05, 0) is 37.0 Å². The summed E-state index contributed by atoms with van der Waals surface area (Å²) in [6, 6.07) is 7.57. The van der Waals surface area contributed by atoms with Gasteiger partial charge in [0.15, 0.2) is 5.79 Å². The smallest absolute Gasteiger partial charge is 0.238 e. The van der Waals surface area contributed by atoms with E-state index in [9.17, 15) is 9.59 Å². The Kier molecular flexibility index (Phi) is 5.14. The van der Waals surface area contributed by atoms with Gasteiger partial charge in [0.2, 0.25) is 11.8 Å². The molecule has 2 heterocycles. The van der Waals surface area contributed by atoms with E-state index in [1.54, 1.807) is 0 Å². The minimum absolute atomic E-state index is 0.0423. The lowest BCUT2D eigenvalue weighted by Crippen LogP contribution is -2.52. The van der Waals surface area contributed by atoms with Gasteiger partial charge in [-0.25, -0.2) is 0 Å². The van der Waals surface area contributed by atoms with Crippen LogP contribution in [-0.4, -0.2) is 55.3 Å². The van der Waals surface area contributed by atoms with Crippen LogP contribution in [0.5, 0.6) is 0 Å². The normalized spacial score (nSPS) is 22.6. The van der Waals surface area contributed by atoms with Crippen molar-refractivity contribution in [2.45, 2.75) is 37.9 Å². The number of benzene rings is 1. The summed E-state index contributed by atoms with van der Waals surface area (Å²) < 4.78 is 11.4. The Hall–Kier alpha value is -1.63. The van der Waals surface area contributed by atoms with Gasteiger partial charge in [0, 0.05) is 37.5 Å². The van der Waals surface area contributed by atoms with Gasteiger partial charge in [-0.3, -0.25) is 9.59 Å². The van der Waals surface area contributed by atoms with Crippen molar-refractivity contribution < 1.29 is 19.1 Å². The van der Waals surface area contributed by atoms with Crippen LogP contribution in [0, 0.1) is 5.41 Å². The van der Waals surface area contributed by atoms with Crippen molar-refractivity contribution in [3.63, 3.8) is 0 Å². The Morgan fingerprint density at radius 2 is 1.67 bits per heavy atom. The first-order chi connectivity index (χ1) is 13.0. The van der Waals surface area contributed by atoms with Crippen LogP contribution in [0.4, 0.5) is 0 Å². The molecule has 6 nitrogen and oxygen atoms in total. The predicted octanol–water partition coefficient (Wildman–Crippen LogP) is 2.14.